The van der Waals surface area contributed by atoms with Crippen LogP contribution in [0.25, 0.3) is 0 Å². The van der Waals surface area contributed by atoms with Crippen LogP contribution < -0.4 is 5.32 Å². The Morgan fingerprint density at radius 1 is 0.657 bits per heavy atom. The zero-order chi connectivity index (χ0) is 25.4. The smallest absolute Gasteiger partial charge is 0.338 e. The van der Waals surface area contributed by atoms with Gasteiger partial charge in [-0.15, -0.1) is 0 Å². The molecule has 5 nitrogen and oxygen atoms in total. The Morgan fingerprint density at radius 3 is 1.63 bits per heavy atom. The summed E-state index contributed by atoms with van der Waals surface area (Å²) in [6, 6.07) is 7.30. The Bertz CT molecular complexity index is 644. The van der Waals surface area contributed by atoms with Crippen molar-refractivity contribution in [2.75, 3.05) is 25.1 Å². The molecule has 0 fully saturated rings. The summed E-state index contributed by atoms with van der Waals surface area (Å²) in [7, 11) is 0. The third kappa shape index (κ3) is 18.0. The molecule has 0 unspecified atom stereocenters. The van der Waals surface area contributed by atoms with E-state index in [1.807, 2.05) is 12.1 Å². The number of carbonyl (C=O) groups excluding carboxylic acids is 2. The molecule has 0 bridgehead atoms. The van der Waals surface area contributed by atoms with Crippen LogP contribution >= 0.6 is 0 Å². The Kier molecular flexibility index (Phi) is 19.9. The summed E-state index contributed by atoms with van der Waals surface area (Å²) in [5.41, 5.74) is 1.50. The lowest BCUT2D eigenvalue weighted by Gasteiger charge is -2.08. The molecule has 0 aliphatic heterocycles. The van der Waals surface area contributed by atoms with Gasteiger partial charge in [-0.3, -0.25) is 4.79 Å². The summed E-state index contributed by atoms with van der Waals surface area (Å²) in [5, 5.41) is 3.42. The molecule has 0 spiro atoms. The van der Waals surface area contributed by atoms with Gasteiger partial charge in [-0.05, 0) is 37.6 Å². The van der Waals surface area contributed by atoms with Crippen molar-refractivity contribution in [3.05, 3.63) is 29.8 Å². The Hall–Kier alpha value is -2.04. The fourth-order valence-corrected chi connectivity index (χ4v) is 4.17. The topological polar surface area (TPSA) is 64.6 Å². The lowest BCUT2D eigenvalue weighted by Crippen LogP contribution is -2.12. The summed E-state index contributed by atoms with van der Waals surface area (Å²) in [6.45, 7) is 5.35. The number of ether oxygens (including phenoxy) is 2. The third-order valence-corrected chi connectivity index (χ3v) is 6.32. The van der Waals surface area contributed by atoms with Gasteiger partial charge in [-0.25, -0.2) is 4.79 Å². The SMILES string of the molecule is CCCCCCCCCCCCCCCCCCNc1ccc(C(=O)OCCC(=O)OCC)cc1. The molecule has 5 heteroatoms. The quantitative estimate of drug-likeness (QED) is 0.123. The molecule has 35 heavy (non-hydrogen) atoms. The summed E-state index contributed by atoms with van der Waals surface area (Å²) >= 11 is 0. The normalized spacial score (nSPS) is 10.8. The lowest BCUT2D eigenvalue weighted by molar-refractivity contribution is -0.143. The van der Waals surface area contributed by atoms with Gasteiger partial charge in [0.05, 0.1) is 18.6 Å². The van der Waals surface area contributed by atoms with Crippen LogP contribution in [0.3, 0.4) is 0 Å². The number of carbonyl (C=O) groups is 2. The van der Waals surface area contributed by atoms with Gasteiger partial charge in [0.25, 0.3) is 0 Å². The second kappa shape index (κ2) is 22.4. The Morgan fingerprint density at radius 2 is 1.14 bits per heavy atom. The molecule has 1 rings (SSSR count). The zero-order valence-corrected chi connectivity index (χ0v) is 22.6. The molecule has 0 heterocycles. The molecule has 1 N–H and O–H groups in total. The van der Waals surface area contributed by atoms with E-state index in [0.717, 1.165) is 18.7 Å². The van der Waals surface area contributed by atoms with Crippen molar-refractivity contribution in [3.8, 4) is 0 Å². The van der Waals surface area contributed by atoms with Crippen LogP contribution in [0.4, 0.5) is 5.69 Å². The van der Waals surface area contributed by atoms with Crippen molar-refractivity contribution in [2.45, 2.75) is 123 Å². The lowest BCUT2D eigenvalue weighted by atomic mass is 10.0. The minimum atomic E-state index is -0.418. The molecule has 0 aromatic heterocycles. The summed E-state index contributed by atoms with van der Waals surface area (Å²) in [5.74, 6) is -0.771. The van der Waals surface area contributed by atoms with Crippen molar-refractivity contribution >= 4 is 17.6 Å². The van der Waals surface area contributed by atoms with Gasteiger partial charge in [0.2, 0.25) is 0 Å². The molecule has 0 saturated heterocycles. The van der Waals surface area contributed by atoms with E-state index in [0.29, 0.717) is 12.2 Å². The highest BCUT2D eigenvalue weighted by molar-refractivity contribution is 5.90. The van der Waals surface area contributed by atoms with E-state index in [2.05, 4.69) is 12.2 Å². The fourth-order valence-electron chi connectivity index (χ4n) is 4.17. The number of rotatable bonds is 23. The van der Waals surface area contributed by atoms with E-state index in [9.17, 15) is 9.59 Å². The van der Waals surface area contributed by atoms with E-state index in [4.69, 9.17) is 9.47 Å². The maximum Gasteiger partial charge on any atom is 0.338 e. The van der Waals surface area contributed by atoms with E-state index in [1.165, 1.54) is 96.3 Å². The Labute approximate surface area is 214 Å². The largest absolute Gasteiger partial charge is 0.466 e. The van der Waals surface area contributed by atoms with E-state index < -0.39 is 5.97 Å². The standard InChI is InChI=1S/C30H51NO4/c1-3-5-6-7-8-9-10-11-12-13-14-15-16-17-18-19-25-31-28-22-20-27(21-23-28)30(33)35-26-24-29(32)34-4-2/h20-23,31H,3-19,24-26H2,1-2H3. The van der Waals surface area contributed by atoms with Gasteiger partial charge in [0, 0.05) is 12.2 Å². The van der Waals surface area contributed by atoms with Gasteiger partial charge >= 0.3 is 11.9 Å². The van der Waals surface area contributed by atoms with Crippen molar-refractivity contribution in [3.63, 3.8) is 0 Å². The van der Waals surface area contributed by atoms with Gasteiger partial charge < -0.3 is 14.8 Å². The fraction of sp³-hybridized carbons (Fsp3) is 0.733. The second-order valence-electron chi connectivity index (χ2n) is 9.50. The van der Waals surface area contributed by atoms with Crippen LogP contribution in [-0.2, 0) is 14.3 Å². The van der Waals surface area contributed by atoms with Crippen molar-refractivity contribution in [1.82, 2.24) is 0 Å². The monoisotopic (exact) mass is 489 g/mol. The number of nitrogens with one attached hydrogen (secondary N) is 1. The van der Waals surface area contributed by atoms with Crippen molar-refractivity contribution in [2.24, 2.45) is 0 Å². The highest BCUT2D eigenvalue weighted by Crippen LogP contribution is 2.14. The highest BCUT2D eigenvalue weighted by Gasteiger charge is 2.09. The van der Waals surface area contributed by atoms with Gasteiger partial charge in [0.15, 0.2) is 0 Å². The van der Waals surface area contributed by atoms with E-state index in [1.54, 1.807) is 19.1 Å². The number of unbranched alkanes of at least 4 members (excludes halogenated alkanes) is 15. The molecule has 0 amide bonds. The molecule has 0 aliphatic carbocycles. The van der Waals surface area contributed by atoms with Crippen LogP contribution in [0.15, 0.2) is 24.3 Å². The molecule has 200 valence electrons. The van der Waals surface area contributed by atoms with E-state index in [-0.39, 0.29) is 19.0 Å². The molecule has 1 aromatic rings. The van der Waals surface area contributed by atoms with Crippen LogP contribution in [-0.4, -0.2) is 31.7 Å². The number of anilines is 1. The predicted octanol–water partition coefficient (Wildman–Crippen LogP) is 8.47. The molecule has 0 saturated carbocycles. The van der Waals surface area contributed by atoms with Gasteiger partial charge in [0.1, 0.15) is 6.61 Å². The average Bonchev–Trinajstić information content (AvgIpc) is 2.86. The summed E-state index contributed by atoms with van der Waals surface area (Å²) in [6.07, 6.45) is 22.1. The molecule has 0 atom stereocenters. The first-order valence-corrected chi connectivity index (χ1v) is 14.3. The first kappa shape index (κ1) is 31.0. The van der Waals surface area contributed by atoms with Crippen LogP contribution in [0.5, 0.6) is 0 Å². The molecule has 1 aromatic carbocycles. The van der Waals surface area contributed by atoms with Gasteiger partial charge in [-0.1, -0.05) is 103 Å². The predicted molar refractivity (Wildman–Crippen MR) is 146 cm³/mol. The average molecular weight is 490 g/mol. The number of hydrogen-bond donors (Lipinski definition) is 1. The first-order chi connectivity index (χ1) is 17.2. The van der Waals surface area contributed by atoms with Crippen molar-refractivity contribution in [1.29, 1.82) is 0 Å². The molecule has 0 aliphatic rings. The summed E-state index contributed by atoms with van der Waals surface area (Å²) < 4.78 is 9.94. The molecular weight excluding hydrogens is 438 g/mol. The number of hydrogen-bond acceptors (Lipinski definition) is 5. The molecule has 0 radical (unpaired) electrons. The number of benzene rings is 1. The number of esters is 2. The maximum atomic E-state index is 12.0. The van der Waals surface area contributed by atoms with Crippen LogP contribution in [0.2, 0.25) is 0 Å². The zero-order valence-electron chi connectivity index (χ0n) is 22.6. The first-order valence-electron chi connectivity index (χ1n) is 14.3. The van der Waals surface area contributed by atoms with Gasteiger partial charge in [-0.2, -0.15) is 0 Å². The van der Waals surface area contributed by atoms with Crippen molar-refractivity contribution < 1.29 is 19.1 Å². The third-order valence-electron chi connectivity index (χ3n) is 6.32. The summed E-state index contributed by atoms with van der Waals surface area (Å²) in [4.78, 5) is 23.3. The highest BCUT2D eigenvalue weighted by atomic mass is 16.5. The minimum absolute atomic E-state index is 0.0386. The second-order valence-corrected chi connectivity index (χ2v) is 9.50. The molecular formula is C30H51NO4. The maximum absolute atomic E-state index is 12.0. The van der Waals surface area contributed by atoms with Crippen LogP contribution in [0, 0.1) is 0 Å². The Balaban J connectivity index is 1.92. The minimum Gasteiger partial charge on any atom is -0.466 e. The van der Waals surface area contributed by atoms with E-state index >= 15 is 0 Å². The van der Waals surface area contributed by atoms with Crippen LogP contribution in [0.1, 0.15) is 133 Å².